The number of halogens is 1. The van der Waals surface area contributed by atoms with Gasteiger partial charge in [-0.25, -0.2) is 4.79 Å². The molecular weight excluding hydrogens is 316 g/mol. The van der Waals surface area contributed by atoms with Crippen LogP contribution in [0.2, 0.25) is 0 Å². The van der Waals surface area contributed by atoms with Gasteiger partial charge in [0.1, 0.15) is 0 Å². The number of nitrogens with one attached hydrogen (secondary N) is 1. The Morgan fingerprint density at radius 1 is 1.20 bits per heavy atom. The van der Waals surface area contributed by atoms with Crippen molar-refractivity contribution in [2.24, 2.45) is 0 Å². The Morgan fingerprint density at radius 2 is 2.00 bits per heavy atom. The number of hydrogen-bond acceptors (Lipinski definition) is 1. The molecule has 104 valence electrons. The van der Waals surface area contributed by atoms with E-state index in [0.29, 0.717) is 4.83 Å². The minimum atomic E-state index is -0.00879. The molecule has 2 aromatic carbocycles. The number of carbonyl (C=O) groups is 1. The maximum absolute atomic E-state index is 12.4. The summed E-state index contributed by atoms with van der Waals surface area (Å²) in [6.07, 6.45) is 2.19. The number of likely N-dealkylation sites (tertiary alicyclic amines) is 1. The van der Waals surface area contributed by atoms with Gasteiger partial charge in [-0.3, -0.25) is 0 Å². The van der Waals surface area contributed by atoms with Crippen LogP contribution < -0.4 is 5.32 Å². The Bertz CT molecular complexity index is 623. The third-order valence-electron chi connectivity index (χ3n) is 3.68. The standard InChI is InChI=1S/C16H17BrN2O/c17-13-7-4-10-19(11-13)16(20)18-15-9-3-6-12-5-1-2-8-14(12)15/h1-3,5-6,8-9,13H,4,7,10-11H2,(H,18,20)/t13-/m1/s1. The van der Waals surface area contributed by atoms with E-state index in [1.807, 2.05) is 35.2 Å². The van der Waals surface area contributed by atoms with E-state index in [4.69, 9.17) is 0 Å². The highest BCUT2D eigenvalue weighted by atomic mass is 79.9. The molecule has 1 atom stereocenters. The molecule has 0 aromatic heterocycles. The third-order valence-corrected chi connectivity index (χ3v) is 4.43. The van der Waals surface area contributed by atoms with Crippen molar-refractivity contribution in [3.63, 3.8) is 0 Å². The second-order valence-corrected chi connectivity index (χ2v) is 6.44. The summed E-state index contributed by atoms with van der Waals surface area (Å²) in [5, 5.41) is 5.26. The van der Waals surface area contributed by atoms with Crippen LogP contribution in [0.25, 0.3) is 10.8 Å². The van der Waals surface area contributed by atoms with Gasteiger partial charge in [-0.05, 0) is 24.3 Å². The molecule has 3 rings (SSSR count). The fraction of sp³-hybridized carbons (Fsp3) is 0.312. The molecule has 0 spiro atoms. The first-order valence-electron chi connectivity index (χ1n) is 6.92. The van der Waals surface area contributed by atoms with Gasteiger partial charge >= 0.3 is 6.03 Å². The highest BCUT2D eigenvalue weighted by molar-refractivity contribution is 9.09. The van der Waals surface area contributed by atoms with Gasteiger partial charge in [-0.1, -0.05) is 52.3 Å². The van der Waals surface area contributed by atoms with Crippen LogP contribution in [-0.2, 0) is 0 Å². The van der Waals surface area contributed by atoms with Crippen molar-refractivity contribution >= 4 is 38.4 Å². The molecule has 2 aromatic rings. The fourth-order valence-corrected chi connectivity index (χ4v) is 3.31. The number of nitrogens with zero attached hydrogens (tertiary/aromatic N) is 1. The average molecular weight is 333 g/mol. The normalized spacial score (nSPS) is 19.1. The Morgan fingerprint density at radius 3 is 2.85 bits per heavy atom. The zero-order valence-electron chi connectivity index (χ0n) is 11.2. The number of piperidine rings is 1. The Kier molecular flexibility index (Phi) is 3.92. The van der Waals surface area contributed by atoms with Gasteiger partial charge in [-0.15, -0.1) is 0 Å². The number of benzene rings is 2. The third kappa shape index (κ3) is 2.80. The number of urea groups is 1. The lowest BCUT2D eigenvalue weighted by Gasteiger charge is -2.30. The molecule has 1 aliphatic rings. The van der Waals surface area contributed by atoms with Gasteiger partial charge in [0.25, 0.3) is 0 Å². The quantitative estimate of drug-likeness (QED) is 0.778. The monoisotopic (exact) mass is 332 g/mol. The molecule has 1 N–H and O–H groups in total. The van der Waals surface area contributed by atoms with Crippen molar-refractivity contribution in [1.29, 1.82) is 0 Å². The van der Waals surface area contributed by atoms with Crippen molar-refractivity contribution in [1.82, 2.24) is 4.90 Å². The van der Waals surface area contributed by atoms with Crippen molar-refractivity contribution < 1.29 is 4.79 Å². The Balaban J connectivity index is 1.80. The lowest BCUT2D eigenvalue weighted by Crippen LogP contribution is -2.42. The number of hydrogen-bond donors (Lipinski definition) is 1. The summed E-state index contributed by atoms with van der Waals surface area (Å²) >= 11 is 3.60. The van der Waals surface area contributed by atoms with Crippen LogP contribution >= 0.6 is 15.9 Å². The molecule has 1 fully saturated rings. The van der Waals surface area contributed by atoms with Crippen LogP contribution in [0.4, 0.5) is 10.5 Å². The summed E-state index contributed by atoms with van der Waals surface area (Å²) in [4.78, 5) is 14.6. The number of fused-ring (bicyclic) bond motifs is 1. The molecule has 3 nitrogen and oxygen atoms in total. The number of rotatable bonds is 1. The maximum atomic E-state index is 12.4. The SMILES string of the molecule is O=C(Nc1cccc2ccccc12)N1CCC[C@@H](Br)C1. The van der Waals surface area contributed by atoms with Gasteiger partial charge in [0.2, 0.25) is 0 Å². The van der Waals surface area contributed by atoms with E-state index in [1.54, 1.807) is 0 Å². The van der Waals surface area contributed by atoms with E-state index in [0.717, 1.165) is 42.4 Å². The van der Waals surface area contributed by atoms with Gasteiger partial charge in [0.15, 0.2) is 0 Å². The van der Waals surface area contributed by atoms with Crippen LogP contribution in [0.5, 0.6) is 0 Å². The van der Waals surface area contributed by atoms with E-state index >= 15 is 0 Å². The topological polar surface area (TPSA) is 32.3 Å². The second-order valence-electron chi connectivity index (χ2n) is 5.14. The zero-order valence-corrected chi connectivity index (χ0v) is 12.8. The number of amides is 2. The van der Waals surface area contributed by atoms with E-state index in [9.17, 15) is 4.79 Å². The van der Waals surface area contributed by atoms with Crippen LogP contribution in [0, 0.1) is 0 Å². The maximum Gasteiger partial charge on any atom is 0.321 e. The van der Waals surface area contributed by atoms with Crippen molar-refractivity contribution in [3.8, 4) is 0 Å². The van der Waals surface area contributed by atoms with Gasteiger partial charge in [0, 0.05) is 23.3 Å². The van der Waals surface area contributed by atoms with Gasteiger partial charge in [0.05, 0.1) is 5.69 Å². The van der Waals surface area contributed by atoms with E-state index < -0.39 is 0 Å². The molecule has 0 radical (unpaired) electrons. The summed E-state index contributed by atoms with van der Waals surface area (Å²) < 4.78 is 0. The summed E-state index contributed by atoms with van der Waals surface area (Å²) in [6, 6.07) is 14.1. The van der Waals surface area contributed by atoms with Crippen molar-refractivity contribution in [2.75, 3.05) is 18.4 Å². The minimum Gasteiger partial charge on any atom is -0.323 e. The number of alkyl halides is 1. The lowest BCUT2D eigenvalue weighted by molar-refractivity contribution is 0.202. The molecular formula is C16H17BrN2O. The molecule has 0 aliphatic carbocycles. The van der Waals surface area contributed by atoms with Crippen LogP contribution in [0.15, 0.2) is 42.5 Å². The Labute approximate surface area is 127 Å². The molecule has 1 saturated heterocycles. The molecule has 4 heteroatoms. The number of anilines is 1. The first-order valence-corrected chi connectivity index (χ1v) is 7.83. The molecule has 1 heterocycles. The molecule has 0 unspecified atom stereocenters. The molecule has 1 aliphatic heterocycles. The summed E-state index contributed by atoms with van der Waals surface area (Å²) in [5.74, 6) is 0. The minimum absolute atomic E-state index is 0.00879. The highest BCUT2D eigenvalue weighted by Gasteiger charge is 2.22. The van der Waals surface area contributed by atoms with Crippen molar-refractivity contribution in [3.05, 3.63) is 42.5 Å². The van der Waals surface area contributed by atoms with E-state index in [2.05, 4.69) is 33.4 Å². The smallest absolute Gasteiger partial charge is 0.321 e. The lowest BCUT2D eigenvalue weighted by atomic mass is 10.1. The fourth-order valence-electron chi connectivity index (χ4n) is 2.64. The molecule has 0 bridgehead atoms. The first-order chi connectivity index (χ1) is 9.74. The van der Waals surface area contributed by atoms with Crippen LogP contribution in [0.3, 0.4) is 0 Å². The summed E-state index contributed by atoms with van der Waals surface area (Å²) in [6.45, 7) is 1.61. The highest BCUT2D eigenvalue weighted by Crippen LogP contribution is 2.24. The first kappa shape index (κ1) is 13.4. The summed E-state index contributed by atoms with van der Waals surface area (Å²) in [7, 11) is 0. The predicted molar refractivity (Wildman–Crippen MR) is 86.5 cm³/mol. The number of carbonyl (C=O) groups excluding carboxylic acids is 1. The largest absolute Gasteiger partial charge is 0.323 e. The molecule has 2 amide bonds. The van der Waals surface area contributed by atoms with E-state index in [1.165, 1.54) is 0 Å². The Hall–Kier alpha value is -1.55. The van der Waals surface area contributed by atoms with E-state index in [-0.39, 0.29) is 6.03 Å². The van der Waals surface area contributed by atoms with Crippen LogP contribution in [0.1, 0.15) is 12.8 Å². The zero-order chi connectivity index (χ0) is 13.9. The van der Waals surface area contributed by atoms with Gasteiger partial charge < -0.3 is 10.2 Å². The van der Waals surface area contributed by atoms with Crippen molar-refractivity contribution in [2.45, 2.75) is 17.7 Å². The molecule has 0 saturated carbocycles. The predicted octanol–water partition coefficient (Wildman–Crippen LogP) is 4.23. The van der Waals surface area contributed by atoms with Crippen LogP contribution in [-0.4, -0.2) is 28.8 Å². The molecule has 20 heavy (non-hydrogen) atoms. The second kappa shape index (κ2) is 5.83. The van der Waals surface area contributed by atoms with Gasteiger partial charge in [-0.2, -0.15) is 0 Å². The summed E-state index contributed by atoms with van der Waals surface area (Å²) in [5.41, 5.74) is 0.879. The average Bonchev–Trinajstić information content (AvgIpc) is 2.47.